The van der Waals surface area contributed by atoms with Crippen LogP contribution >= 0.6 is 34.8 Å². The molecule has 0 saturated heterocycles. The topological polar surface area (TPSA) is 49.4 Å². The molecule has 0 fully saturated rings. The SMILES string of the molecule is CCCC(c1ccc(Cl)cc1Cl)N(CCNS(=O)(=O)c1ccc(F)cc1F)c1ccc(Cl)cc1. The molecule has 0 aliphatic rings. The zero-order valence-corrected chi connectivity index (χ0v) is 21.3. The minimum atomic E-state index is -4.19. The molecule has 0 bridgehead atoms. The molecule has 1 unspecified atom stereocenters. The lowest BCUT2D eigenvalue weighted by atomic mass is 9.99. The predicted molar refractivity (Wildman–Crippen MR) is 134 cm³/mol. The Morgan fingerprint density at radius 3 is 2.24 bits per heavy atom. The van der Waals surface area contributed by atoms with Gasteiger partial charge in [0.15, 0.2) is 0 Å². The van der Waals surface area contributed by atoms with Gasteiger partial charge in [-0.2, -0.15) is 0 Å². The first-order chi connectivity index (χ1) is 16.1. The maximum atomic E-state index is 14.1. The zero-order valence-electron chi connectivity index (χ0n) is 18.2. The smallest absolute Gasteiger partial charge is 0.243 e. The molecule has 10 heteroatoms. The quantitative estimate of drug-likeness (QED) is 0.291. The van der Waals surface area contributed by atoms with E-state index in [9.17, 15) is 17.2 Å². The van der Waals surface area contributed by atoms with E-state index >= 15 is 0 Å². The van der Waals surface area contributed by atoms with Gasteiger partial charge in [0.2, 0.25) is 10.0 Å². The van der Waals surface area contributed by atoms with Gasteiger partial charge >= 0.3 is 0 Å². The van der Waals surface area contributed by atoms with Gasteiger partial charge in [0, 0.05) is 39.9 Å². The Balaban J connectivity index is 1.90. The summed E-state index contributed by atoms with van der Waals surface area (Å²) in [7, 11) is -4.19. The summed E-state index contributed by atoms with van der Waals surface area (Å²) in [6.07, 6.45) is 1.56. The summed E-state index contributed by atoms with van der Waals surface area (Å²) in [4.78, 5) is 1.40. The maximum absolute atomic E-state index is 14.1. The first-order valence-corrected chi connectivity index (χ1v) is 13.2. The molecule has 0 spiro atoms. The van der Waals surface area contributed by atoms with Crippen LogP contribution in [0.1, 0.15) is 31.4 Å². The van der Waals surface area contributed by atoms with E-state index in [1.807, 2.05) is 30.0 Å². The summed E-state index contributed by atoms with van der Waals surface area (Å²) in [5.74, 6) is -2.01. The van der Waals surface area contributed by atoms with Crippen molar-refractivity contribution in [3.63, 3.8) is 0 Å². The summed E-state index contributed by atoms with van der Waals surface area (Å²) in [5.41, 5.74) is 1.65. The average molecular weight is 548 g/mol. The van der Waals surface area contributed by atoms with Crippen molar-refractivity contribution >= 4 is 50.5 Å². The second-order valence-electron chi connectivity index (χ2n) is 7.61. The molecule has 0 aliphatic heterocycles. The number of hydrogen-bond donors (Lipinski definition) is 1. The molecule has 0 radical (unpaired) electrons. The van der Waals surface area contributed by atoms with Gasteiger partial charge in [0.05, 0.1) is 6.04 Å². The highest BCUT2D eigenvalue weighted by atomic mass is 35.5. The lowest BCUT2D eigenvalue weighted by Gasteiger charge is -2.35. The van der Waals surface area contributed by atoms with Crippen LogP contribution in [-0.4, -0.2) is 21.5 Å². The third-order valence-electron chi connectivity index (χ3n) is 5.25. The first-order valence-electron chi connectivity index (χ1n) is 10.5. The molecule has 4 nitrogen and oxygen atoms in total. The zero-order chi connectivity index (χ0) is 24.9. The summed E-state index contributed by atoms with van der Waals surface area (Å²) < 4.78 is 54.9. The van der Waals surface area contributed by atoms with Gasteiger partial charge in [-0.25, -0.2) is 21.9 Å². The van der Waals surface area contributed by atoms with Crippen molar-refractivity contribution in [1.82, 2.24) is 4.72 Å². The molecular formula is C24H23Cl3F2N2O2S. The molecule has 0 amide bonds. The fourth-order valence-corrected chi connectivity index (χ4v) is 5.43. The summed E-state index contributed by atoms with van der Waals surface area (Å²) in [6, 6.07) is 14.6. The van der Waals surface area contributed by atoms with Crippen LogP contribution < -0.4 is 9.62 Å². The molecule has 1 N–H and O–H groups in total. The van der Waals surface area contributed by atoms with Crippen LogP contribution in [0, 0.1) is 11.6 Å². The molecule has 3 rings (SSSR count). The van der Waals surface area contributed by atoms with Crippen molar-refractivity contribution < 1.29 is 17.2 Å². The number of benzene rings is 3. The molecule has 1 atom stereocenters. The Labute approximate surface area is 213 Å². The van der Waals surface area contributed by atoms with Crippen molar-refractivity contribution in [3.05, 3.63) is 92.9 Å². The standard InChI is InChI=1S/C24H23Cl3F2N2O2S/c1-2-3-23(20-10-6-17(26)14-21(20)27)31(19-8-4-16(25)5-9-19)13-12-30-34(32,33)24-11-7-18(28)15-22(24)29/h4-11,14-15,23,30H,2-3,12-13H2,1H3. The molecule has 0 aliphatic carbocycles. The van der Waals surface area contributed by atoms with Crippen LogP contribution in [0.3, 0.4) is 0 Å². The van der Waals surface area contributed by atoms with Crippen molar-refractivity contribution in [2.24, 2.45) is 0 Å². The van der Waals surface area contributed by atoms with Crippen LogP contribution in [0.4, 0.5) is 14.5 Å². The third kappa shape index (κ3) is 6.61. The minimum Gasteiger partial charge on any atom is -0.363 e. The summed E-state index contributed by atoms with van der Waals surface area (Å²) in [5, 5.41) is 1.57. The van der Waals surface area contributed by atoms with E-state index in [0.29, 0.717) is 21.1 Å². The van der Waals surface area contributed by atoms with Crippen LogP contribution in [0.15, 0.2) is 65.6 Å². The number of halogens is 5. The lowest BCUT2D eigenvalue weighted by Crippen LogP contribution is -2.37. The van der Waals surface area contributed by atoms with Crippen LogP contribution in [0.25, 0.3) is 0 Å². The highest BCUT2D eigenvalue weighted by Crippen LogP contribution is 2.36. The lowest BCUT2D eigenvalue weighted by molar-refractivity contribution is 0.537. The van der Waals surface area contributed by atoms with E-state index < -0.39 is 26.6 Å². The predicted octanol–water partition coefficient (Wildman–Crippen LogP) is 7.25. The van der Waals surface area contributed by atoms with Gasteiger partial charge in [0.1, 0.15) is 16.5 Å². The van der Waals surface area contributed by atoms with Crippen LogP contribution in [0.5, 0.6) is 0 Å². The molecule has 3 aromatic carbocycles. The molecule has 34 heavy (non-hydrogen) atoms. The monoisotopic (exact) mass is 546 g/mol. The van der Waals surface area contributed by atoms with Crippen LogP contribution in [-0.2, 0) is 10.0 Å². The Morgan fingerprint density at radius 2 is 1.62 bits per heavy atom. The van der Waals surface area contributed by atoms with Gasteiger partial charge in [-0.3, -0.25) is 0 Å². The van der Waals surface area contributed by atoms with Crippen LogP contribution in [0.2, 0.25) is 15.1 Å². The van der Waals surface area contributed by atoms with Gasteiger partial charge in [0.25, 0.3) is 0 Å². The Bertz CT molecular complexity index is 1240. The fourth-order valence-electron chi connectivity index (χ4n) is 3.69. The van der Waals surface area contributed by atoms with Crippen molar-refractivity contribution in [1.29, 1.82) is 0 Å². The third-order valence-corrected chi connectivity index (χ3v) is 7.56. The average Bonchev–Trinajstić information content (AvgIpc) is 2.76. The van der Waals surface area contributed by atoms with E-state index in [-0.39, 0.29) is 19.1 Å². The Morgan fingerprint density at radius 1 is 0.941 bits per heavy atom. The highest BCUT2D eigenvalue weighted by Gasteiger charge is 2.24. The molecular weight excluding hydrogens is 525 g/mol. The second-order valence-corrected chi connectivity index (χ2v) is 10.6. The maximum Gasteiger partial charge on any atom is 0.243 e. The first kappa shape index (κ1) is 26.7. The van der Waals surface area contributed by atoms with Crippen molar-refractivity contribution in [2.75, 3.05) is 18.0 Å². The molecule has 0 heterocycles. The van der Waals surface area contributed by atoms with E-state index in [2.05, 4.69) is 4.72 Å². The van der Waals surface area contributed by atoms with E-state index in [1.54, 1.807) is 24.3 Å². The van der Waals surface area contributed by atoms with E-state index in [1.165, 1.54) is 0 Å². The van der Waals surface area contributed by atoms with Gasteiger partial charge in [-0.1, -0.05) is 54.2 Å². The van der Waals surface area contributed by atoms with Gasteiger partial charge < -0.3 is 4.90 Å². The normalized spacial score (nSPS) is 12.5. The largest absolute Gasteiger partial charge is 0.363 e. The summed E-state index contributed by atoms with van der Waals surface area (Å²) in [6.45, 7) is 2.25. The number of nitrogens with zero attached hydrogens (tertiary/aromatic N) is 1. The second kappa shape index (κ2) is 11.7. The Hall–Kier alpha value is -1.90. The van der Waals surface area contributed by atoms with Crippen molar-refractivity contribution in [3.8, 4) is 0 Å². The Kier molecular flexibility index (Phi) is 9.18. The fraction of sp³-hybridized carbons (Fsp3) is 0.250. The summed E-state index contributed by atoms with van der Waals surface area (Å²) >= 11 is 18.7. The minimum absolute atomic E-state index is 0.0345. The van der Waals surface area contributed by atoms with E-state index in [4.69, 9.17) is 34.8 Å². The number of anilines is 1. The van der Waals surface area contributed by atoms with E-state index in [0.717, 1.165) is 36.2 Å². The molecule has 0 saturated carbocycles. The number of nitrogens with one attached hydrogen (secondary N) is 1. The number of rotatable bonds is 10. The molecule has 0 aromatic heterocycles. The van der Waals surface area contributed by atoms with Gasteiger partial charge in [-0.05, 0) is 60.5 Å². The number of hydrogen-bond acceptors (Lipinski definition) is 3. The number of sulfonamides is 1. The molecule has 182 valence electrons. The van der Waals surface area contributed by atoms with Gasteiger partial charge in [-0.15, -0.1) is 0 Å². The highest BCUT2D eigenvalue weighted by molar-refractivity contribution is 7.89. The van der Waals surface area contributed by atoms with Crippen molar-refractivity contribution in [2.45, 2.75) is 30.7 Å². The molecule has 3 aromatic rings.